The molecular weight excluding hydrogens is 342 g/mol. The third kappa shape index (κ3) is 3.12. The number of fused-ring (bicyclic) bond motifs is 2. The molecule has 140 valence electrons. The van der Waals surface area contributed by atoms with E-state index < -0.39 is 0 Å². The molecule has 2 heterocycles. The first kappa shape index (κ1) is 17.4. The van der Waals surface area contributed by atoms with Gasteiger partial charge in [-0.3, -0.25) is 9.48 Å². The summed E-state index contributed by atoms with van der Waals surface area (Å²) in [5, 5.41) is 5.59. The molecule has 0 fully saturated rings. The standard InChI is InChI=1S/C21H23N3O3/c1-23-18-7-5-4-6-16(18)17(22-23)12-21(25)24-9-8-14-10-19(26-2)20(27-3)11-15(14)13-24/h4-7,10-11H,8-9,12-13H2,1-3H3. The minimum absolute atomic E-state index is 0.0966. The number of hydrogen-bond acceptors (Lipinski definition) is 4. The van der Waals surface area contributed by atoms with Gasteiger partial charge < -0.3 is 14.4 Å². The largest absolute Gasteiger partial charge is 0.493 e. The molecule has 0 saturated heterocycles. The minimum Gasteiger partial charge on any atom is -0.493 e. The lowest BCUT2D eigenvalue weighted by molar-refractivity contribution is -0.131. The van der Waals surface area contributed by atoms with E-state index in [0.29, 0.717) is 25.3 Å². The van der Waals surface area contributed by atoms with Crippen molar-refractivity contribution < 1.29 is 14.3 Å². The fourth-order valence-corrected chi connectivity index (χ4v) is 3.77. The Hall–Kier alpha value is -3.02. The molecule has 0 bridgehead atoms. The predicted molar refractivity (Wildman–Crippen MR) is 103 cm³/mol. The molecule has 6 nitrogen and oxygen atoms in total. The van der Waals surface area contributed by atoms with Crippen LogP contribution in [0.15, 0.2) is 36.4 Å². The van der Waals surface area contributed by atoms with Gasteiger partial charge in [-0.2, -0.15) is 5.10 Å². The number of aryl methyl sites for hydroxylation is 1. The zero-order chi connectivity index (χ0) is 19.0. The lowest BCUT2D eigenvalue weighted by Crippen LogP contribution is -2.37. The highest BCUT2D eigenvalue weighted by molar-refractivity contribution is 5.87. The van der Waals surface area contributed by atoms with Gasteiger partial charge >= 0.3 is 0 Å². The highest BCUT2D eigenvalue weighted by Crippen LogP contribution is 2.33. The SMILES string of the molecule is COc1cc2c(cc1OC)CN(C(=O)Cc1nn(C)c3ccccc13)CC2. The van der Waals surface area contributed by atoms with Crippen LogP contribution in [-0.4, -0.2) is 41.4 Å². The van der Waals surface area contributed by atoms with Gasteiger partial charge in [0.25, 0.3) is 0 Å². The number of carbonyl (C=O) groups excluding carboxylic acids is 1. The van der Waals surface area contributed by atoms with Gasteiger partial charge in [0.05, 0.1) is 31.9 Å². The number of benzene rings is 2. The molecule has 0 aliphatic carbocycles. The van der Waals surface area contributed by atoms with Gasteiger partial charge in [-0.05, 0) is 35.7 Å². The van der Waals surface area contributed by atoms with Gasteiger partial charge in [0.2, 0.25) is 5.91 Å². The molecule has 1 amide bonds. The highest BCUT2D eigenvalue weighted by atomic mass is 16.5. The van der Waals surface area contributed by atoms with E-state index in [2.05, 4.69) is 5.10 Å². The van der Waals surface area contributed by atoms with E-state index in [9.17, 15) is 4.79 Å². The average Bonchev–Trinajstić information content (AvgIpc) is 3.02. The molecule has 0 saturated carbocycles. The number of aromatic nitrogens is 2. The van der Waals surface area contributed by atoms with Crippen molar-refractivity contribution in [3.63, 3.8) is 0 Å². The predicted octanol–water partition coefficient (Wildman–Crippen LogP) is 2.72. The van der Waals surface area contributed by atoms with Crippen molar-refractivity contribution in [3.05, 3.63) is 53.2 Å². The fourth-order valence-electron chi connectivity index (χ4n) is 3.77. The van der Waals surface area contributed by atoms with Crippen LogP contribution in [0.3, 0.4) is 0 Å². The molecule has 1 aliphatic rings. The van der Waals surface area contributed by atoms with Gasteiger partial charge in [-0.1, -0.05) is 18.2 Å². The Morgan fingerprint density at radius 1 is 1.11 bits per heavy atom. The van der Waals surface area contributed by atoms with E-state index in [-0.39, 0.29) is 5.91 Å². The Kier molecular flexibility index (Phi) is 4.48. The van der Waals surface area contributed by atoms with Crippen LogP contribution in [0.25, 0.3) is 10.9 Å². The summed E-state index contributed by atoms with van der Waals surface area (Å²) in [5.41, 5.74) is 4.19. The van der Waals surface area contributed by atoms with E-state index >= 15 is 0 Å². The van der Waals surface area contributed by atoms with E-state index in [0.717, 1.165) is 34.3 Å². The summed E-state index contributed by atoms with van der Waals surface area (Å²) < 4.78 is 12.6. The monoisotopic (exact) mass is 365 g/mol. The van der Waals surface area contributed by atoms with Gasteiger partial charge in [0, 0.05) is 25.5 Å². The average molecular weight is 365 g/mol. The van der Waals surface area contributed by atoms with E-state index in [1.165, 1.54) is 5.56 Å². The second kappa shape index (κ2) is 6.95. The molecular formula is C21H23N3O3. The van der Waals surface area contributed by atoms with E-state index in [1.54, 1.807) is 14.2 Å². The molecule has 0 radical (unpaired) electrons. The summed E-state index contributed by atoms with van der Waals surface area (Å²) >= 11 is 0. The number of carbonyl (C=O) groups is 1. The highest BCUT2D eigenvalue weighted by Gasteiger charge is 2.24. The Morgan fingerprint density at radius 2 is 1.81 bits per heavy atom. The number of hydrogen-bond donors (Lipinski definition) is 0. The van der Waals surface area contributed by atoms with Crippen LogP contribution in [0.5, 0.6) is 11.5 Å². The van der Waals surface area contributed by atoms with Crippen molar-refractivity contribution >= 4 is 16.8 Å². The van der Waals surface area contributed by atoms with Crippen molar-refractivity contribution in [1.29, 1.82) is 0 Å². The van der Waals surface area contributed by atoms with Gasteiger partial charge in [-0.25, -0.2) is 0 Å². The lowest BCUT2D eigenvalue weighted by atomic mass is 9.98. The van der Waals surface area contributed by atoms with E-state index in [1.807, 2.05) is 53.0 Å². The molecule has 4 rings (SSSR count). The summed E-state index contributed by atoms with van der Waals surface area (Å²) in [6.45, 7) is 1.28. The molecule has 2 aromatic carbocycles. The van der Waals surface area contributed by atoms with E-state index in [4.69, 9.17) is 9.47 Å². The number of amides is 1. The minimum atomic E-state index is 0.0966. The van der Waals surface area contributed by atoms with Gasteiger partial charge in [0.1, 0.15) is 0 Å². The van der Waals surface area contributed by atoms with Crippen LogP contribution in [0, 0.1) is 0 Å². The van der Waals surface area contributed by atoms with Gasteiger partial charge in [-0.15, -0.1) is 0 Å². The summed E-state index contributed by atoms with van der Waals surface area (Å²) in [6, 6.07) is 12.0. The molecule has 0 spiro atoms. The third-order valence-corrected chi connectivity index (χ3v) is 5.22. The second-order valence-corrected chi connectivity index (χ2v) is 6.81. The molecule has 27 heavy (non-hydrogen) atoms. The third-order valence-electron chi connectivity index (χ3n) is 5.22. The summed E-state index contributed by atoms with van der Waals surface area (Å²) in [7, 11) is 5.18. The van der Waals surface area contributed by atoms with Crippen molar-refractivity contribution in [2.75, 3.05) is 20.8 Å². The van der Waals surface area contributed by atoms with Crippen molar-refractivity contribution in [2.24, 2.45) is 7.05 Å². The number of rotatable bonds is 4. The number of para-hydroxylation sites is 1. The Bertz CT molecular complexity index is 1010. The first-order chi connectivity index (χ1) is 13.1. The topological polar surface area (TPSA) is 56.6 Å². The molecule has 1 aliphatic heterocycles. The maximum Gasteiger partial charge on any atom is 0.228 e. The number of methoxy groups -OCH3 is 2. The number of nitrogens with zero attached hydrogens (tertiary/aromatic N) is 3. The molecule has 0 unspecified atom stereocenters. The Labute approximate surface area is 158 Å². The molecule has 3 aromatic rings. The smallest absolute Gasteiger partial charge is 0.228 e. The van der Waals surface area contributed by atoms with Crippen molar-refractivity contribution in [1.82, 2.24) is 14.7 Å². The molecule has 6 heteroatoms. The molecule has 0 N–H and O–H groups in total. The van der Waals surface area contributed by atoms with Gasteiger partial charge in [0.15, 0.2) is 11.5 Å². The van der Waals surface area contributed by atoms with Crippen molar-refractivity contribution in [3.8, 4) is 11.5 Å². The van der Waals surface area contributed by atoms with Crippen LogP contribution in [-0.2, 0) is 31.2 Å². The second-order valence-electron chi connectivity index (χ2n) is 6.81. The van der Waals surface area contributed by atoms with Crippen molar-refractivity contribution in [2.45, 2.75) is 19.4 Å². The van der Waals surface area contributed by atoms with Crippen LogP contribution in [0.2, 0.25) is 0 Å². The lowest BCUT2D eigenvalue weighted by Gasteiger charge is -2.29. The fraction of sp³-hybridized carbons (Fsp3) is 0.333. The first-order valence-corrected chi connectivity index (χ1v) is 9.03. The molecule has 0 atom stereocenters. The maximum absolute atomic E-state index is 12.9. The Morgan fingerprint density at radius 3 is 2.56 bits per heavy atom. The maximum atomic E-state index is 12.9. The van der Waals surface area contributed by atoms with Crippen LogP contribution in [0.4, 0.5) is 0 Å². The number of ether oxygens (including phenoxy) is 2. The summed E-state index contributed by atoms with van der Waals surface area (Å²) in [4.78, 5) is 14.8. The zero-order valence-electron chi connectivity index (χ0n) is 15.9. The van der Waals surface area contributed by atoms with Crippen LogP contribution >= 0.6 is 0 Å². The zero-order valence-corrected chi connectivity index (χ0v) is 15.9. The molecule has 1 aromatic heterocycles. The summed E-state index contributed by atoms with van der Waals surface area (Å²) in [6.07, 6.45) is 1.12. The van der Waals surface area contributed by atoms with Crippen LogP contribution in [0.1, 0.15) is 16.8 Å². The Balaban J connectivity index is 1.55. The quantitative estimate of drug-likeness (QED) is 0.713. The summed E-state index contributed by atoms with van der Waals surface area (Å²) in [5.74, 6) is 1.52. The first-order valence-electron chi connectivity index (χ1n) is 9.03. The van der Waals surface area contributed by atoms with Crippen LogP contribution < -0.4 is 9.47 Å². The normalized spacial score (nSPS) is 13.5.